The number of hydrogen-bond donors (Lipinski definition) is 9. The second kappa shape index (κ2) is 18.7. The lowest BCUT2D eigenvalue weighted by Crippen LogP contribution is -2.48. The standard InChI is InChI=1S/C32H40N11O22P3/c1-32(2,13-5-7-14(8-6-13)43(49)50)63-31(48)62-21-16(61-28(22(21)57-4)42-12-40(3)18-24(42)37-30(34)39-26(18)47)10-59-67(53,54)65-68(55,56)64-66(51,52)58-9-15-19(44)20(45)27(60-15)41-11-35-17-23(41)36-29(33)38-25(17)46/h5-8,11-12,15-16,19-22,27-28,44-45H,9-10H2,1-4H3,(H8-,33,34,36,37,38,39,46,47,51,52,53,54,55,56)/p+1/t15-,16-,19+,20?,21+,22?,27-,28-/m1/s1. The number of aryl methyl sites for hydroxylation is 1. The minimum Gasteiger partial charge on any atom is -0.425 e. The van der Waals surface area contributed by atoms with Gasteiger partial charge in [-0.1, -0.05) is 4.98 Å². The Morgan fingerprint density at radius 1 is 0.926 bits per heavy atom. The number of anilines is 2. The van der Waals surface area contributed by atoms with E-state index in [1.165, 1.54) is 60.6 Å². The Labute approximate surface area is 378 Å². The van der Waals surface area contributed by atoms with Crippen molar-refractivity contribution < 1.29 is 94.2 Å². The number of nitro groups is 1. The molecule has 11 atom stereocenters. The van der Waals surface area contributed by atoms with Gasteiger partial charge < -0.3 is 60.0 Å². The highest BCUT2D eigenvalue weighted by Gasteiger charge is 2.53. The molecule has 2 aliphatic heterocycles. The smallest absolute Gasteiger partial charge is 0.425 e. The molecule has 0 saturated carbocycles. The molecule has 5 aromatic rings. The molecule has 0 radical (unpaired) electrons. The average molecular weight is 1020 g/mol. The molecule has 36 heteroatoms. The molecule has 370 valence electrons. The number of phosphoric ester groups is 2. The van der Waals surface area contributed by atoms with Crippen LogP contribution in [0.1, 0.15) is 31.9 Å². The number of imidazole rings is 2. The van der Waals surface area contributed by atoms with Crippen molar-refractivity contribution in [2.24, 2.45) is 7.05 Å². The first-order chi connectivity index (χ1) is 31.7. The number of methoxy groups -OCH3 is 1. The van der Waals surface area contributed by atoms with E-state index in [4.69, 9.17) is 39.7 Å². The van der Waals surface area contributed by atoms with Crippen LogP contribution in [-0.4, -0.2) is 127 Å². The number of benzene rings is 1. The fraction of sp³-hybridized carbons (Fsp3) is 0.469. The van der Waals surface area contributed by atoms with E-state index in [1.807, 2.05) is 0 Å². The molecular weight excluding hydrogens is 983 g/mol. The number of nitrogen functional groups attached to an aromatic ring is 2. The van der Waals surface area contributed by atoms with Crippen molar-refractivity contribution >= 4 is 69.5 Å². The van der Waals surface area contributed by atoms with E-state index >= 15 is 0 Å². The molecule has 0 aliphatic carbocycles. The molecule has 2 aliphatic rings. The highest BCUT2D eigenvalue weighted by Crippen LogP contribution is 2.68. The molecular formula is C32H41N11O22P3+. The molecule has 2 saturated heterocycles. The van der Waals surface area contributed by atoms with Crippen LogP contribution in [0.4, 0.5) is 22.4 Å². The molecule has 0 bridgehead atoms. The van der Waals surface area contributed by atoms with E-state index in [9.17, 15) is 63.1 Å². The van der Waals surface area contributed by atoms with Gasteiger partial charge in [0.25, 0.3) is 22.8 Å². The third-order valence-corrected chi connectivity index (χ3v) is 14.5. The Morgan fingerprint density at radius 2 is 1.53 bits per heavy atom. The van der Waals surface area contributed by atoms with Crippen LogP contribution < -0.4 is 27.2 Å². The van der Waals surface area contributed by atoms with Crippen molar-refractivity contribution in [2.75, 3.05) is 31.8 Å². The third-order valence-electron chi connectivity index (χ3n) is 10.2. The van der Waals surface area contributed by atoms with Crippen LogP contribution in [0.5, 0.6) is 0 Å². The predicted molar refractivity (Wildman–Crippen MR) is 220 cm³/mol. The number of H-pyrrole nitrogens is 2. The maximum Gasteiger partial charge on any atom is 0.509 e. The number of aliphatic hydroxyl groups is 2. The first kappa shape index (κ1) is 50.3. The summed E-state index contributed by atoms with van der Waals surface area (Å²) in [7, 11) is -15.2. The zero-order valence-electron chi connectivity index (χ0n) is 35.3. The highest BCUT2D eigenvalue weighted by atomic mass is 31.3. The Morgan fingerprint density at radius 3 is 2.15 bits per heavy atom. The molecule has 6 heterocycles. The van der Waals surface area contributed by atoms with Gasteiger partial charge in [-0.25, -0.2) is 28.0 Å². The topological polar surface area (TPSA) is 466 Å². The maximum atomic E-state index is 13.4. The van der Waals surface area contributed by atoms with Crippen LogP contribution in [0.2, 0.25) is 0 Å². The van der Waals surface area contributed by atoms with Crippen molar-refractivity contribution in [1.82, 2.24) is 34.1 Å². The van der Waals surface area contributed by atoms with Crippen molar-refractivity contribution in [3.05, 3.63) is 73.3 Å². The Bertz CT molecular complexity index is 3020. The number of non-ortho nitro benzene ring substituents is 1. The van der Waals surface area contributed by atoms with Crippen molar-refractivity contribution in [2.45, 2.75) is 68.5 Å². The van der Waals surface area contributed by atoms with Gasteiger partial charge in [0.1, 0.15) is 30.0 Å². The number of carbonyl (C=O) groups excluding carboxylic acids is 1. The summed E-state index contributed by atoms with van der Waals surface area (Å²) in [5, 5.41) is 32.4. The quantitative estimate of drug-likeness (QED) is 0.0179. The van der Waals surface area contributed by atoms with E-state index in [2.05, 4.69) is 38.1 Å². The van der Waals surface area contributed by atoms with Gasteiger partial charge in [-0.2, -0.15) is 13.6 Å². The average Bonchev–Trinajstić information content (AvgIpc) is 3.97. The Hall–Kier alpha value is -5.60. The van der Waals surface area contributed by atoms with Gasteiger partial charge in [0.15, 0.2) is 35.9 Å². The van der Waals surface area contributed by atoms with Crippen LogP contribution in [0.3, 0.4) is 0 Å². The fourth-order valence-electron chi connectivity index (χ4n) is 7.19. The number of nitrogens with one attached hydrogen (secondary N) is 2. The molecule has 5 unspecified atom stereocenters. The van der Waals surface area contributed by atoms with E-state index in [0.29, 0.717) is 0 Å². The summed E-state index contributed by atoms with van der Waals surface area (Å²) in [5.41, 5.74) is 8.01. The molecule has 11 N–H and O–H groups in total. The zero-order valence-corrected chi connectivity index (χ0v) is 38.0. The van der Waals surface area contributed by atoms with Crippen LogP contribution in [0, 0.1) is 10.1 Å². The number of phosphoric acid groups is 3. The SMILES string of the molecule is COC1[C@@H](OC(=O)OC(C)(C)c2ccc([N+](=O)[O-])cc2)[C@@H](COP(=O)(O)OP(=O)(O)OP(=O)(O)OC[C@H]2O[C@@H](n3cnc4c(=O)[nH]c(N)nc43)C(O)[C@H]2O)O[C@H]1[n+]1cn(C)c2c(=O)[nH]c(N)nc21. The van der Waals surface area contributed by atoms with Crippen LogP contribution in [0.25, 0.3) is 22.3 Å². The number of ether oxygens (including phenoxy) is 5. The van der Waals surface area contributed by atoms with Gasteiger partial charge in [0, 0.05) is 19.2 Å². The van der Waals surface area contributed by atoms with E-state index in [0.717, 1.165) is 18.0 Å². The molecule has 0 amide bonds. The van der Waals surface area contributed by atoms with Crippen molar-refractivity contribution in [1.29, 1.82) is 0 Å². The second-order valence-electron chi connectivity index (χ2n) is 15.3. The van der Waals surface area contributed by atoms with E-state index < -0.39 is 114 Å². The molecule has 33 nitrogen and oxygen atoms in total. The molecule has 0 spiro atoms. The lowest BCUT2D eigenvalue weighted by Gasteiger charge is -2.28. The van der Waals surface area contributed by atoms with Gasteiger partial charge in [0.2, 0.25) is 17.7 Å². The minimum absolute atomic E-state index is 0.0181. The van der Waals surface area contributed by atoms with E-state index in [-0.39, 0.29) is 45.5 Å². The summed E-state index contributed by atoms with van der Waals surface area (Å²) in [6.07, 6.45) is -12.1. The second-order valence-corrected chi connectivity index (χ2v) is 19.9. The van der Waals surface area contributed by atoms with Crippen molar-refractivity contribution in [3.8, 4) is 0 Å². The number of hydrogen-bond acceptors (Lipinski definition) is 24. The van der Waals surface area contributed by atoms with Crippen LogP contribution >= 0.6 is 23.5 Å². The maximum absolute atomic E-state index is 13.4. The molecule has 1 aromatic carbocycles. The number of rotatable bonds is 17. The predicted octanol–water partition coefficient (Wildman–Crippen LogP) is -0.889. The normalized spacial score (nSPS) is 25.8. The lowest BCUT2D eigenvalue weighted by atomic mass is 9.98. The fourth-order valence-corrected chi connectivity index (χ4v) is 10.7. The number of nitro benzene ring substituents is 1. The van der Waals surface area contributed by atoms with Gasteiger partial charge >= 0.3 is 35.3 Å². The first-order valence-corrected chi connectivity index (χ1v) is 23.7. The summed E-state index contributed by atoms with van der Waals surface area (Å²) in [6.45, 7) is 0.558. The molecule has 2 fully saturated rings. The van der Waals surface area contributed by atoms with Gasteiger partial charge in [-0.05, 0) is 31.5 Å². The number of carbonyl (C=O) groups is 1. The number of fused-ring (bicyclic) bond motifs is 2. The van der Waals surface area contributed by atoms with E-state index in [1.54, 1.807) is 0 Å². The highest BCUT2D eigenvalue weighted by molar-refractivity contribution is 7.66. The third kappa shape index (κ3) is 10.5. The monoisotopic (exact) mass is 1020 g/mol. The van der Waals surface area contributed by atoms with Crippen LogP contribution in [0.15, 0.2) is 46.5 Å². The van der Waals surface area contributed by atoms with Gasteiger partial charge in [-0.3, -0.25) is 47.9 Å². The molecule has 7 rings (SSSR count). The number of nitrogens with zero attached hydrogens (tertiary/aromatic N) is 7. The summed E-state index contributed by atoms with van der Waals surface area (Å²) in [4.78, 5) is 96.5. The number of aromatic amines is 2. The van der Waals surface area contributed by atoms with Gasteiger partial charge in [0.05, 0.1) is 31.5 Å². The zero-order chi connectivity index (χ0) is 49.8. The summed E-state index contributed by atoms with van der Waals surface area (Å²) in [6, 6.07) is 5.01. The van der Waals surface area contributed by atoms with Gasteiger partial charge in [-0.15, -0.1) is 0 Å². The Kier molecular flexibility index (Phi) is 13.8. The Balaban J connectivity index is 1.04. The molecule has 68 heavy (non-hydrogen) atoms. The van der Waals surface area contributed by atoms with Crippen LogP contribution in [-0.2, 0) is 67.7 Å². The summed E-state index contributed by atoms with van der Waals surface area (Å²) in [5.74, 6) is -0.644. The molecule has 4 aromatic heterocycles. The number of aromatic nitrogens is 8. The number of nitrogens with two attached hydrogens (primary N) is 2. The minimum atomic E-state index is -6.15. The summed E-state index contributed by atoms with van der Waals surface area (Å²) < 4.78 is 88.7. The summed E-state index contributed by atoms with van der Waals surface area (Å²) >= 11 is 0. The largest absolute Gasteiger partial charge is 0.509 e. The lowest BCUT2D eigenvalue weighted by molar-refractivity contribution is -0.746. The van der Waals surface area contributed by atoms with Crippen molar-refractivity contribution in [3.63, 3.8) is 0 Å². The first-order valence-electron chi connectivity index (χ1n) is 19.2. The number of aliphatic hydroxyl groups excluding tert-OH is 2.